The first-order valence-corrected chi connectivity index (χ1v) is 11.4. The molecular weight excluding hydrogens is 412 g/mol. The predicted molar refractivity (Wildman–Crippen MR) is 130 cm³/mol. The molecule has 0 radical (unpaired) electrons. The third-order valence-corrected chi connectivity index (χ3v) is 7.04. The summed E-state index contributed by atoms with van der Waals surface area (Å²) in [7, 11) is 1.62. The second-order valence-electron chi connectivity index (χ2n) is 8.90. The lowest BCUT2D eigenvalue weighted by atomic mass is 9.63. The molecule has 0 spiro atoms. The van der Waals surface area contributed by atoms with Crippen molar-refractivity contribution in [3.63, 3.8) is 0 Å². The van der Waals surface area contributed by atoms with Crippen LogP contribution in [0.5, 0.6) is 5.75 Å². The average molecular weight is 441 g/mol. The zero-order chi connectivity index (χ0) is 22.7. The molecule has 0 atom stereocenters. The molecule has 2 aromatic carbocycles. The van der Waals surface area contributed by atoms with Crippen molar-refractivity contribution in [1.29, 1.82) is 0 Å². The maximum absolute atomic E-state index is 13.3. The van der Waals surface area contributed by atoms with Crippen molar-refractivity contribution in [2.45, 2.75) is 37.5 Å². The van der Waals surface area contributed by atoms with Gasteiger partial charge in [0, 0.05) is 53.8 Å². The molecule has 1 aliphatic heterocycles. The van der Waals surface area contributed by atoms with E-state index in [1.54, 1.807) is 19.6 Å². The molecule has 1 aliphatic carbocycles. The number of aromatic amines is 1. The van der Waals surface area contributed by atoms with Gasteiger partial charge in [0.05, 0.1) is 24.7 Å². The van der Waals surface area contributed by atoms with Crippen molar-refractivity contribution < 1.29 is 9.53 Å². The van der Waals surface area contributed by atoms with Crippen molar-refractivity contribution in [3.8, 4) is 5.75 Å². The molecule has 6 nitrogen and oxygen atoms in total. The second kappa shape index (κ2) is 9.06. The normalized spacial score (nSPS) is 21.7. The van der Waals surface area contributed by atoms with Crippen LogP contribution in [0.15, 0.2) is 72.4 Å². The van der Waals surface area contributed by atoms with Gasteiger partial charge in [-0.3, -0.25) is 9.79 Å². The van der Waals surface area contributed by atoms with Gasteiger partial charge in [0.15, 0.2) is 5.78 Å². The van der Waals surface area contributed by atoms with Crippen LogP contribution in [0.25, 0.3) is 0 Å². The number of carbonyl (C=O) groups is 1. The minimum Gasteiger partial charge on any atom is -0.496 e. The molecule has 1 fully saturated rings. The minimum absolute atomic E-state index is 0.00173. The van der Waals surface area contributed by atoms with Gasteiger partial charge in [-0.05, 0) is 55.5 Å². The molecule has 0 unspecified atom stereocenters. The standard InChI is InChI=1S/C27H28N4O2/c1-33-25-5-3-2-4-23(25)26(32)19-8-10-27(11-9-19,15-22-17-29-18-31-22)21-6-7-24-20(14-21)16-28-12-13-30-24/h2-7,12-14,16-19,30H,8-11,15H2,1H3,(H,29,31). The number of ketones is 1. The number of aromatic nitrogens is 2. The summed E-state index contributed by atoms with van der Waals surface area (Å²) in [6.07, 6.45) is 13.6. The number of hydrogen-bond donors (Lipinski definition) is 2. The van der Waals surface area contributed by atoms with Crippen molar-refractivity contribution in [3.05, 3.63) is 89.8 Å². The summed E-state index contributed by atoms with van der Waals surface area (Å²) in [6.45, 7) is 0. The third-order valence-electron chi connectivity index (χ3n) is 7.04. The summed E-state index contributed by atoms with van der Waals surface area (Å²) in [5, 5.41) is 3.28. The number of aliphatic imine (C=N–C) groups is 1. The summed E-state index contributed by atoms with van der Waals surface area (Å²) >= 11 is 0. The Kier molecular flexibility index (Phi) is 5.82. The van der Waals surface area contributed by atoms with E-state index in [1.807, 2.05) is 42.9 Å². The first-order chi connectivity index (χ1) is 16.2. The molecule has 2 heterocycles. The number of nitrogens with one attached hydrogen (secondary N) is 2. The van der Waals surface area contributed by atoms with E-state index in [-0.39, 0.29) is 17.1 Å². The minimum atomic E-state index is -0.0741. The molecule has 0 amide bonds. The van der Waals surface area contributed by atoms with E-state index in [2.05, 4.69) is 38.5 Å². The number of H-pyrrole nitrogens is 1. The van der Waals surface area contributed by atoms with E-state index in [0.29, 0.717) is 11.3 Å². The number of rotatable bonds is 6. The lowest BCUT2D eigenvalue weighted by molar-refractivity contribution is 0.0854. The SMILES string of the molecule is COc1ccccc1C(=O)C1CCC(Cc2c[nH]cn2)(c2ccc3c(c2)C=NC=CN3)CC1. The highest BCUT2D eigenvalue weighted by Gasteiger charge is 2.40. The number of fused-ring (bicyclic) bond motifs is 1. The van der Waals surface area contributed by atoms with Gasteiger partial charge in [-0.1, -0.05) is 18.2 Å². The van der Waals surface area contributed by atoms with Gasteiger partial charge in [-0.2, -0.15) is 0 Å². The smallest absolute Gasteiger partial charge is 0.169 e. The number of Topliss-reactive ketones (excluding diaryl/α,β-unsaturated/α-hetero) is 1. The van der Waals surface area contributed by atoms with E-state index in [0.717, 1.165) is 49.0 Å². The maximum Gasteiger partial charge on any atom is 0.169 e. The first-order valence-electron chi connectivity index (χ1n) is 11.4. The Morgan fingerprint density at radius 1 is 1.18 bits per heavy atom. The van der Waals surface area contributed by atoms with Gasteiger partial charge in [-0.25, -0.2) is 4.98 Å². The van der Waals surface area contributed by atoms with E-state index in [9.17, 15) is 4.79 Å². The van der Waals surface area contributed by atoms with Gasteiger partial charge < -0.3 is 15.0 Å². The number of para-hydroxylation sites is 1. The van der Waals surface area contributed by atoms with E-state index >= 15 is 0 Å². The van der Waals surface area contributed by atoms with Crippen molar-refractivity contribution >= 4 is 17.7 Å². The fraction of sp³-hybridized carbons (Fsp3) is 0.296. The van der Waals surface area contributed by atoms with Gasteiger partial charge >= 0.3 is 0 Å². The number of imidazole rings is 1. The van der Waals surface area contributed by atoms with Crippen molar-refractivity contribution in [2.75, 3.05) is 12.4 Å². The maximum atomic E-state index is 13.3. The Labute approximate surface area is 193 Å². The number of benzene rings is 2. The Balaban J connectivity index is 1.43. The zero-order valence-electron chi connectivity index (χ0n) is 18.8. The average Bonchev–Trinajstić information content (AvgIpc) is 3.25. The number of nitrogens with zero attached hydrogens (tertiary/aromatic N) is 2. The van der Waals surface area contributed by atoms with Gasteiger partial charge in [-0.15, -0.1) is 0 Å². The second-order valence-corrected chi connectivity index (χ2v) is 8.90. The van der Waals surface area contributed by atoms with E-state index in [4.69, 9.17) is 4.74 Å². The number of ether oxygens (including phenoxy) is 1. The molecule has 6 heteroatoms. The van der Waals surface area contributed by atoms with Gasteiger partial charge in [0.1, 0.15) is 5.75 Å². The van der Waals surface area contributed by atoms with Crippen LogP contribution >= 0.6 is 0 Å². The summed E-state index contributed by atoms with van der Waals surface area (Å²) in [4.78, 5) is 25.3. The molecule has 3 aromatic rings. The topological polar surface area (TPSA) is 79.4 Å². The van der Waals surface area contributed by atoms with Crippen LogP contribution in [0.1, 0.15) is 52.9 Å². The monoisotopic (exact) mass is 440 g/mol. The number of hydrogen-bond acceptors (Lipinski definition) is 5. The van der Waals surface area contributed by atoms with Crippen LogP contribution in [0.2, 0.25) is 0 Å². The Morgan fingerprint density at radius 3 is 2.82 bits per heavy atom. The number of carbonyl (C=O) groups excluding carboxylic acids is 1. The number of methoxy groups -OCH3 is 1. The van der Waals surface area contributed by atoms with Gasteiger partial charge in [0.2, 0.25) is 0 Å². The van der Waals surface area contributed by atoms with Crippen LogP contribution < -0.4 is 10.1 Å². The lowest BCUT2D eigenvalue weighted by Gasteiger charge is -2.40. The highest BCUT2D eigenvalue weighted by molar-refractivity contribution is 6.00. The van der Waals surface area contributed by atoms with Crippen LogP contribution in [0.3, 0.4) is 0 Å². The Hall–Kier alpha value is -3.67. The Bertz CT molecular complexity index is 1190. The molecule has 0 saturated heterocycles. The molecule has 1 saturated carbocycles. The van der Waals surface area contributed by atoms with E-state index in [1.165, 1.54) is 5.56 Å². The van der Waals surface area contributed by atoms with Crippen molar-refractivity contribution in [1.82, 2.24) is 9.97 Å². The molecule has 2 N–H and O–H groups in total. The first kappa shape index (κ1) is 21.2. The molecule has 2 aliphatic rings. The third kappa shape index (κ3) is 4.21. The lowest BCUT2D eigenvalue weighted by Crippen LogP contribution is -2.36. The van der Waals surface area contributed by atoms with Crippen LogP contribution in [0, 0.1) is 5.92 Å². The number of anilines is 1. The fourth-order valence-corrected chi connectivity index (χ4v) is 5.23. The highest BCUT2D eigenvalue weighted by atomic mass is 16.5. The largest absolute Gasteiger partial charge is 0.496 e. The summed E-state index contributed by atoms with van der Waals surface area (Å²) in [6, 6.07) is 14.1. The molecule has 0 bridgehead atoms. The molecule has 168 valence electrons. The quantitative estimate of drug-likeness (QED) is 0.511. The summed E-state index contributed by atoms with van der Waals surface area (Å²) < 4.78 is 5.44. The molecular formula is C27H28N4O2. The van der Waals surface area contributed by atoms with Crippen LogP contribution in [0.4, 0.5) is 5.69 Å². The predicted octanol–water partition coefficient (Wildman–Crippen LogP) is 5.29. The van der Waals surface area contributed by atoms with Gasteiger partial charge in [0.25, 0.3) is 0 Å². The van der Waals surface area contributed by atoms with Crippen LogP contribution in [-0.4, -0.2) is 29.1 Å². The highest BCUT2D eigenvalue weighted by Crippen LogP contribution is 2.45. The molecule has 5 rings (SSSR count). The van der Waals surface area contributed by atoms with Crippen molar-refractivity contribution in [2.24, 2.45) is 10.9 Å². The fourth-order valence-electron chi connectivity index (χ4n) is 5.23. The van der Waals surface area contributed by atoms with Crippen LogP contribution in [-0.2, 0) is 11.8 Å². The van der Waals surface area contributed by atoms with E-state index < -0.39 is 0 Å². The molecule has 1 aromatic heterocycles. The zero-order valence-corrected chi connectivity index (χ0v) is 18.8. The summed E-state index contributed by atoms with van der Waals surface area (Å²) in [5.74, 6) is 0.842. The molecule has 33 heavy (non-hydrogen) atoms. The summed E-state index contributed by atoms with van der Waals surface area (Å²) in [5.41, 5.74) is 5.06. The Morgan fingerprint density at radius 2 is 2.03 bits per heavy atom.